The molecule has 6 heteroatoms. The molecule has 1 heterocycles. The van der Waals surface area contributed by atoms with Crippen molar-refractivity contribution in [2.75, 3.05) is 10.7 Å². The van der Waals surface area contributed by atoms with Crippen molar-refractivity contribution in [3.05, 3.63) is 24.0 Å². The molecule has 1 aromatic carbocycles. The van der Waals surface area contributed by atoms with E-state index >= 15 is 0 Å². The minimum Gasteiger partial charge on any atom is -0.326 e. The Morgan fingerprint density at radius 3 is 2.79 bits per heavy atom. The molecule has 0 saturated carbocycles. The zero-order chi connectivity index (χ0) is 13.8. The number of carbonyl (C=O) groups excluding carboxylic acids is 1. The van der Waals surface area contributed by atoms with Crippen molar-refractivity contribution < 1.29 is 4.79 Å². The van der Waals surface area contributed by atoms with Gasteiger partial charge in [-0.05, 0) is 24.6 Å². The van der Waals surface area contributed by atoms with E-state index in [9.17, 15) is 4.79 Å². The zero-order valence-corrected chi connectivity index (χ0v) is 11.0. The maximum absolute atomic E-state index is 11.1. The van der Waals surface area contributed by atoms with Gasteiger partial charge in [0.1, 0.15) is 5.82 Å². The molecular weight excluding hydrogens is 242 g/mol. The standard InChI is InChI=1S/C13H17N5O/c1-3-4-12-16-11-6-5-9(15-8(2)19)7-10(11)13(17-12)18-14/h5-7H,3-4,14H2,1-2H3,(H,15,19)(H,16,17,18). The van der Waals surface area contributed by atoms with Crippen molar-refractivity contribution in [2.24, 2.45) is 5.84 Å². The number of hydrazine groups is 1. The van der Waals surface area contributed by atoms with Crippen LogP contribution in [0, 0.1) is 0 Å². The van der Waals surface area contributed by atoms with Gasteiger partial charge in [0.15, 0.2) is 5.82 Å². The highest BCUT2D eigenvalue weighted by atomic mass is 16.1. The van der Waals surface area contributed by atoms with Gasteiger partial charge in [0.25, 0.3) is 0 Å². The number of anilines is 2. The van der Waals surface area contributed by atoms with E-state index in [4.69, 9.17) is 5.84 Å². The fourth-order valence-electron chi connectivity index (χ4n) is 1.90. The van der Waals surface area contributed by atoms with Crippen molar-refractivity contribution in [2.45, 2.75) is 26.7 Å². The van der Waals surface area contributed by atoms with Gasteiger partial charge in [-0.1, -0.05) is 6.92 Å². The number of aryl methyl sites for hydroxylation is 1. The van der Waals surface area contributed by atoms with Crippen LogP contribution >= 0.6 is 0 Å². The summed E-state index contributed by atoms with van der Waals surface area (Å²) in [7, 11) is 0. The number of carbonyl (C=O) groups is 1. The first-order chi connectivity index (χ1) is 9.13. The Bertz CT molecular complexity index is 611. The minimum atomic E-state index is -0.120. The zero-order valence-electron chi connectivity index (χ0n) is 11.0. The average molecular weight is 259 g/mol. The van der Waals surface area contributed by atoms with Crippen LogP contribution in [0.3, 0.4) is 0 Å². The smallest absolute Gasteiger partial charge is 0.221 e. The third-order valence-corrected chi connectivity index (χ3v) is 2.67. The first-order valence-electron chi connectivity index (χ1n) is 6.19. The Hall–Kier alpha value is -2.21. The average Bonchev–Trinajstić information content (AvgIpc) is 2.38. The maximum Gasteiger partial charge on any atom is 0.221 e. The number of hydrogen-bond donors (Lipinski definition) is 3. The molecule has 0 radical (unpaired) electrons. The van der Waals surface area contributed by atoms with E-state index in [1.807, 2.05) is 18.2 Å². The molecule has 0 bridgehead atoms. The fraction of sp³-hybridized carbons (Fsp3) is 0.308. The molecule has 19 heavy (non-hydrogen) atoms. The molecule has 100 valence electrons. The molecule has 2 rings (SSSR count). The Kier molecular flexibility index (Phi) is 3.91. The molecule has 0 fully saturated rings. The van der Waals surface area contributed by atoms with E-state index in [1.54, 1.807) is 0 Å². The number of benzene rings is 1. The van der Waals surface area contributed by atoms with Crippen LogP contribution in [0.25, 0.3) is 10.9 Å². The lowest BCUT2D eigenvalue weighted by Gasteiger charge is -2.09. The predicted octanol–water partition coefficient (Wildman–Crippen LogP) is 1.83. The summed E-state index contributed by atoms with van der Waals surface area (Å²) in [5.41, 5.74) is 4.09. The lowest BCUT2D eigenvalue weighted by Crippen LogP contribution is -2.12. The first kappa shape index (κ1) is 13.2. The number of amides is 1. The summed E-state index contributed by atoms with van der Waals surface area (Å²) in [6, 6.07) is 5.47. The second-order valence-corrected chi connectivity index (χ2v) is 4.30. The fourth-order valence-corrected chi connectivity index (χ4v) is 1.90. The van der Waals surface area contributed by atoms with Crippen LogP contribution in [-0.4, -0.2) is 15.9 Å². The lowest BCUT2D eigenvalue weighted by molar-refractivity contribution is -0.114. The summed E-state index contributed by atoms with van der Waals surface area (Å²) >= 11 is 0. The highest BCUT2D eigenvalue weighted by Gasteiger charge is 2.08. The van der Waals surface area contributed by atoms with E-state index < -0.39 is 0 Å². The van der Waals surface area contributed by atoms with Crippen molar-refractivity contribution in [3.8, 4) is 0 Å². The van der Waals surface area contributed by atoms with Crippen molar-refractivity contribution >= 4 is 28.3 Å². The molecule has 4 N–H and O–H groups in total. The van der Waals surface area contributed by atoms with E-state index in [0.717, 1.165) is 29.6 Å². The topological polar surface area (TPSA) is 92.9 Å². The third kappa shape index (κ3) is 2.97. The Balaban J connectivity index is 2.52. The molecule has 2 aromatic rings. The number of nitrogens with one attached hydrogen (secondary N) is 2. The maximum atomic E-state index is 11.1. The second-order valence-electron chi connectivity index (χ2n) is 4.30. The Labute approximate surface area is 111 Å². The number of nitrogen functional groups attached to an aromatic ring is 1. The van der Waals surface area contributed by atoms with Gasteiger partial charge in [-0.2, -0.15) is 0 Å². The highest BCUT2D eigenvalue weighted by Crippen LogP contribution is 2.23. The summed E-state index contributed by atoms with van der Waals surface area (Å²) in [6.45, 7) is 3.54. The monoisotopic (exact) mass is 259 g/mol. The highest BCUT2D eigenvalue weighted by molar-refractivity contribution is 5.95. The van der Waals surface area contributed by atoms with Crippen LogP contribution < -0.4 is 16.6 Å². The number of rotatable bonds is 4. The summed E-state index contributed by atoms with van der Waals surface area (Å²) in [4.78, 5) is 19.9. The van der Waals surface area contributed by atoms with Gasteiger partial charge in [-0.3, -0.25) is 4.79 Å². The molecule has 0 saturated heterocycles. The number of nitrogens with zero attached hydrogens (tertiary/aromatic N) is 2. The van der Waals surface area contributed by atoms with Crippen molar-refractivity contribution in [1.29, 1.82) is 0 Å². The van der Waals surface area contributed by atoms with E-state index in [-0.39, 0.29) is 5.91 Å². The predicted molar refractivity (Wildman–Crippen MR) is 75.6 cm³/mol. The van der Waals surface area contributed by atoms with Gasteiger partial charge in [0, 0.05) is 24.4 Å². The number of hydrogen-bond acceptors (Lipinski definition) is 5. The molecule has 6 nitrogen and oxygen atoms in total. The van der Waals surface area contributed by atoms with E-state index in [2.05, 4.69) is 27.6 Å². The molecule has 1 aromatic heterocycles. The quantitative estimate of drug-likeness (QED) is 0.575. The number of aromatic nitrogens is 2. The van der Waals surface area contributed by atoms with Crippen LogP contribution in [0.2, 0.25) is 0 Å². The van der Waals surface area contributed by atoms with Gasteiger partial charge in [0.05, 0.1) is 5.52 Å². The lowest BCUT2D eigenvalue weighted by atomic mass is 10.2. The Morgan fingerprint density at radius 2 is 2.16 bits per heavy atom. The first-order valence-corrected chi connectivity index (χ1v) is 6.19. The van der Waals surface area contributed by atoms with Gasteiger partial charge in [0.2, 0.25) is 5.91 Å². The van der Waals surface area contributed by atoms with E-state index in [1.165, 1.54) is 6.92 Å². The van der Waals surface area contributed by atoms with Gasteiger partial charge < -0.3 is 10.7 Å². The molecule has 0 aliphatic rings. The molecule has 0 unspecified atom stereocenters. The summed E-state index contributed by atoms with van der Waals surface area (Å²) in [5, 5.41) is 3.51. The number of fused-ring (bicyclic) bond motifs is 1. The van der Waals surface area contributed by atoms with Crippen molar-refractivity contribution in [1.82, 2.24) is 9.97 Å². The SMILES string of the molecule is CCCc1nc(NN)c2cc(NC(C)=O)ccc2n1. The van der Waals surface area contributed by atoms with Gasteiger partial charge in [-0.25, -0.2) is 15.8 Å². The van der Waals surface area contributed by atoms with Gasteiger partial charge >= 0.3 is 0 Å². The van der Waals surface area contributed by atoms with Crippen LogP contribution in [-0.2, 0) is 11.2 Å². The molecule has 0 spiro atoms. The molecular formula is C13H17N5O. The van der Waals surface area contributed by atoms with Crippen LogP contribution in [0.4, 0.5) is 11.5 Å². The Morgan fingerprint density at radius 1 is 1.37 bits per heavy atom. The summed E-state index contributed by atoms with van der Waals surface area (Å²) in [5.74, 6) is 6.71. The normalized spacial score (nSPS) is 10.5. The number of nitrogens with two attached hydrogens (primary N) is 1. The molecule has 0 atom stereocenters. The van der Waals surface area contributed by atoms with Crippen LogP contribution in [0.1, 0.15) is 26.1 Å². The minimum absolute atomic E-state index is 0.120. The third-order valence-electron chi connectivity index (χ3n) is 2.67. The molecule has 0 aliphatic carbocycles. The molecule has 1 amide bonds. The van der Waals surface area contributed by atoms with E-state index in [0.29, 0.717) is 11.5 Å². The molecule has 0 aliphatic heterocycles. The summed E-state index contributed by atoms with van der Waals surface area (Å²) in [6.07, 6.45) is 1.78. The summed E-state index contributed by atoms with van der Waals surface area (Å²) < 4.78 is 0. The largest absolute Gasteiger partial charge is 0.326 e. The second kappa shape index (κ2) is 5.62. The van der Waals surface area contributed by atoms with Gasteiger partial charge in [-0.15, -0.1) is 0 Å². The van der Waals surface area contributed by atoms with Crippen LogP contribution in [0.5, 0.6) is 0 Å². The van der Waals surface area contributed by atoms with Crippen molar-refractivity contribution in [3.63, 3.8) is 0 Å². The van der Waals surface area contributed by atoms with Crippen LogP contribution in [0.15, 0.2) is 18.2 Å².